The van der Waals surface area contributed by atoms with Crippen LogP contribution in [0.2, 0.25) is 0 Å². The Balaban J connectivity index is 2.15. The van der Waals surface area contributed by atoms with Crippen LogP contribution in [0, 0.1) is 5.41 Å². The van der Waals surface area contributed by atoms with Crippen molar-refractivity contribution >= 4 is 11.6 Å². The summed E-state index contributed by atoms with van der Waals surface area (Å²) in [5.74, 6) is 0.387. The molecule has 1 fully saturated rings. The van der Waals surface area contributed by atoms with Crippen molar-refractivity contribution in [1.29, 1.82) is 0 Å². The van der Waals surface area contributed by atoms with Crippen LogP contribution in [0.5, 0.6) is 0 Å². The highest BCUT2D eigenvalue weighted by molar-refractivity contribution is 5.98. The first kappa shape index (κ1) is 14.0. The Hall–Kier alpha value is -1.39. The lowest BCUT2D eigenvalue weighted by atomic mass is 9.85. The number of hydrogen-bond acceptors (Lipinski definition) is 3. The number of benzene rings is 1. The third-order valence-electron chi connectivity index (χ3n) is 3.76. The molecule has 0 atom stereocenters. The molecule has 4 nitrogen and oxygen atoms in total. The van der Waals surface area contributed by atoms with Crippen molar-refractivity contribution in [2.45, 2.75) is 19.8 Å². The highest BCUT2D eigenvalue weighted by atomic mass is 16.5. The number of carbonyl (C=O) groups is 1. The Morgan fingerprint density at radius 3 is 2.32 bits per heavy atom. The zero-order chi connectivity index (χ0) is 14.0. The number of carbonyl (C=O) groups excluding carboxylic acids is 1. The van der Waals surface area contributed by atoms with Gasteiger partial charge in [-0.15, -0.1) is 0 Å². The van der Waals surface area contributed by atoms with E-state index in [2.05, 4.69) is 13.8 Å². The van der Waals surface area contributed by atoms with E-state index in [1.807, 2.05) is 24.3 Å². The largest absolute Gasteiger partial charge is 0.395 e. The molecule has 1 aromatic rings. The second-order valence-electron chi connectivity index (χ2n) is 5.54. The van der Waals surface area contributed by atoms with Crippen molar-refractivity contribution in [3.05, 3.63) is 29.8 Å². The lowest BCUT2D eigenvalue weighted by Gasteiger charge is -2.40. The lowest BCUT2D eigenvalue weighted by Crippen LogP contribution is -2.56. The minimum atomic E-state index is -0.745. The first-order chi connectivity index (χ1) is 9.00. The third-order valence-corrected chi connectivity index (χ3v) is 3.76. The fraction of sp³-hybridized carbons (Fsp3) is 0.533. The van der Waals surface area contributed by atoms with Gasteiger partial charge in [-0.25, -0.2) is 0 Å². The normalized spacial score (nSPS) is 17.1. The molecule has 2 rings (SSSR count). The van der Waals surface area contributed by atoms with E-state index in [1.165, 1.54) is 5.56 Å². The molecule has 1 aliphatic heterocycles. The summed E-state index contributed by atoms with van der Waals surface area (Å²) < 4.78 is 5.08. The van der Waals surface area contributed by atoms with Crippen LogP contribution >= 0.6 is 0 Å². The van der Waals surface area contributed by atoms with Gasteiger partial charge in [0.1, 0.15) is 5.41 Å². The van der Waals surface area contributed by atoms with Gasteiger partial charge in [0.25, 0.3) is 0 Å². The van der Waals surface area contributed by atoms with E-state index in [4.69, 9.17) is 4.74 Å². The summed E-state index contributed by atoms with van der Waals surface area (Å²) in [6, 6.07) is 7.95. The van der Waals surface area contributed by atoms with E-state index in [0.717, 1.165) is 5.69 Å². The fourth-order valence-corrected chi connectivity index (χ4v) is 2.19. The van der Waals surface area contributed by atoms with Gasteiger partial charge >= 0.3 is 0 Å². The molecule has 4 heteroatoms. The fourth-order valence-electron chi connectivity index (χ4n) is 2.19. The summed E-state index contributed by atoms with van der Waals surface area (Å²) in [6.45, 7) is 4.71. The van der Waals surface area contributed by atoms with E-state index >= 15 is 0 Å². The van der Waals surface area contributed by atoms with Gasteiger partial charge in [-0.1, -0.05) is 26.0 Å². The molecule has 1 N–H and O–H groups in total. The summed E-state index contributed by atoms with van der Waals surface area (Å²) in [5, 5.41) is 9.39. The molecule has 1 saturated heterocycles. The van der Waals surface area contributed by atoms with Crippen LogP contribution in [0.15, 0.2) is 24.3 Å². The van der Waals surface area contributed by atoms with Crippen LogP contribution in [0.1, 0.15) is 25.3 Å². The van der Waals surface area contributed by atoms with Crippen molar-refractivity contribution < 1.29 is 14.6 Å². The summed E-state index contributed by atoms with van der Waals surface area (Å²) >= 11 is 0. The van der Waals surface area contributed by atoms with Crippen molar-refractivity contribution in [2.75, 3.05) is 31.8 Å². The lowest BCUT2D eigenvalue weighted by molar-refractivity contribution is -0.166. The molecular weight excluding hydrogens is 242 g/mol. The average Bonchev–Trinajstić information content (AvgIpc) is 2.37. The number of aliphatic hydroxyl groups is 1. The van der Waals surface area contributed by atoms with E-state index in [-0.39, 0.29) is 12.5 Å². The van der Waals surface area contributed by atoms with Gasteiger partial charge in [-0.05, 0) is 23.6 Å². The highest BCUT2D eigenvalue weighted by Crippen LogP contribution is 2.31. The Morgan fingerprint density at radius 2 is 1.95 bits per heavy atom. The smallest absolute Gasteiger partial charge is 0.239 e. The molecule has 1 aromatic carbocycles. The molecule has 0 radical (unpaired) electrons. The maximum absolute atomic E-state index is 12.4. The number of ether oxygens (including phenoxy) is 1. The molecule has 0 spiro atoms. The van der Waals surface area contributed by atoms with E-state index in [0.29, 0.717) is 19.1 Å². The minimum absolute atomic E-state index is 0.0847. The van der Waals surface area contributed by atoms with Crippen LogP contribution < -0.4 is 4.90 Å². The molecule has 0 aliphatic carbocycles. The van der Waals surface area contributed by atoms with E-state index in [1.54, 1.807) is 11.9 Å². The van der Waals surface area contributed by atoms with Crippen molar-refractivity contribution in [2.24, 2.45) is 5.41 Å². The molecule has 19 heavy (non-hydrogen) atoms. The highest BCUT2D eigenvalue weighted by Gasteiger charge is 2.47. The number of rotatable bonds is 4. The number of aliphatic hydroxyl groups excluding tert-OH is 1. The topological polar surface area (TPSA) is 49.8 Å². The Morgan fingerprint density at radius 1 is 1.37 bits per heavy atom. The molecular formula is C15H21NO3. The SMILES string of the molecule is CC(C)c1ccc(N(C)C(=O)C2(CO)COC2)cc1. The molecule has 0 bridgehead atoms. The van der Waals surface area contributed by atoms with Crippen LogP contribution in [-0.4, -0.2) is 37.9 Å². The summed E-state index contributed by atoms with van der Waals surface area (Å²) in [5.41, 5.74) is 1.34. The maximum atomic E-state index is 12.4. The number of anilines is 1. The molecule has 0 aromatic heterocycles. The standard InChI is InChI=1S/C15H21NO3/c1-11(2)12-4-6-13(7-5-12)16(3)14(18)15(8-17)9-19-10-15/h4-7,11,17H,8-10H2,1-3H3. The molecule has 0 saturated carbocycles. The van der Waals surface area contributed by atoms with Crippen LogP contribution in [-0.2, 0) is 9.53 Å². The van der Waals surface area contributed by atoms with Crippen LogP contribution in [0.4, 0.5) is 5.69 Å². The second kappa shape index (κ2) is 5.31. The molecule has 0 unspecified atom stereocenters. The van der Waals surface area contributed by atoms with Crippen LogP contribution in [0.25, 0.3) is 0 Å². The van der Waals surface area contributed by atoms with Gasteiger partial charge in [0, 0.05) is 12.7 Å². The van der Waals surface area contributed by atoms with Gasteiger partial charge < -0.3 is 14.7 Å². The van der Waals surface area contributed by atoms with Crippen molar-refractivity contribution in [1.82, 2.24) is 0 Å². The quantitative estimate of drug-likeness (QED) is 0.901. The first-order valence-electron chi connectivity index (χ1n) is 6.57. The van der Waals surface area contributed by atoms with Gasteiger partial charge in [0.05, 0.1) is 19.8 Å². The maximum Gasteiger partial charge on any atom is 0.239 e. The van der Waals surface area contributed by atoms with Gasteiger partial charge in [-0.2, -0.15) is 0 Å². The Labute approximate surface area is 114 Å². The minimum Gasteiger partial charge on any atom is -0.395 e. The summed E-state index contributed by atoms with van der Waals surface area (Å²) in [4.78, 5) is 14.0. The van der Waals surface area contributed by atoms with E-state index in [9.17, 15) is 9.90 Å². The van der Waals surface area contributed by atoms with E-state index < -0.39 is 5.41 Å². The van der Waals surface area contributed by atoms with Crippen molar-refractivity contribution in [3.8, 4) is 0 Å². The summed E-state index contributed by atoms with van der Waals surface area (Å²) in [6.07, 6.45) is 0. The zero-order valence-electron chi connectivity index (χ0n) is 11.7. The number of hydrogen-bond donors (Lipinski definition) is 1. The number of amides is 1. The van der Waals surface area contributed by atoms with Crippen LogP contribution in [0.3, 0.4) is 0 Å². The zero-order valence-corrected chi connectivity index (χ0v) is 11.7. The van der Waals surface area contributed by atoms with Crippen molar-refractivity contribution in [3.63, 3.8) is 0 Å². The molecule has 104 valence electrons. The Kier molecular flexibility index (Phi) is 3.92. The number of nitrogens with zero attached hydrogens (tertiary/aromatic N) is 1. The third kappa shape index (κ3) is 2.51. The van der Waals surface area contributed by atoms with Gasteiger partial charge in [0.2, 0.25) is 5.91 Å². The predicted molar refractivity (Wildman–Crippen MR) is 74.3 cm³/mol. The average molecular weight is 263 g/mol. The predicted octanol–water partition coefficient (Wildman–Crippen LogP) is 1.78. The summed E-state index contributed by atoms with van der Waals surface area (Å²) in [7, 11) is 1.74. The Bertz CT molecular complexity index is 443. The molecule has 1 heterocycles. The molecule has 1 aliphatic rings. The van der Waals surface area contributed by atoms with Gasteiger partial charge in [-0.3, -0.25) is 4.79 Å². The monoisotopic (exact) mass is 263 g/mol. The second-order valence-corrected chi connectivity index (χ2v) is 5.54. The first-order valence-corrected chi connectivity index (χ1v) is 6.57. The van der Waals surface area contributed by atoms with Gasteiger partial charge in [0.15, 0.2) is 0 Å². The molecule has 1 amide bonds.